The molecule has 3 rings (SSSR count). The molecule has 0 saturated carbocycles. The summed E-state index contributed by atoms with van der Waals surface area (Å²) < 4.78 is 8.04. The van der Waals surface area contributed by atoms with Gasteiger partial charge in [-0.3, -0.25) is 13.9 Å². The Hall–Kier alpha value is -2.49. The molecule has 0 aliphatic heterocycles. The second kappa shape index (κ2) is 8.33. The van der Waals surface area contributed by atoms with Gasteiger partial charge in [0.15, 0.2) is 11.5 Å². The molecule has 0 atom stereocenters. The smallest absolute Gasteiger partial charge is 0.332 e. The fourth-order valence-corrected chi connectivity index (χ4v) is 3.75. The van der Waals surface area contributed by atoms with E-state index in [2.05, 4.69) is 20.1 Å². The summed E-state index contributed by atoms with van der Waals surface area (Å²) in [6.45, 7) is 12.4. The SMILES string of the molecule is CCCn1c(=O)n(C)c(=O)c2c(SCc3nc(C(C)(C)C)no3)nc(C(C)C)nc21. The summed E-state index contributed by atoms with van der Waals surface area (Å²) in [5.41, 5.74) is -0.607. The molecule has 3 aromatic heterocycles. The van der Waals surface area contributed by atoms with Crippen molar-refractivity contribution in [3.8, 4) is 0 Å². The molecule has 162 valence electrons. The summed E-state index contributed by atoms with van der Waals surface area (Å²) in [6.07, 6.45) is 0.744. The van der Waals surface area contributed by atoms with Gasteiger partial charge in [-0.15, -0.1) is 0 Å². The van der Waals surface area contributed by atoms with E-state index in [1.54, 1.807) is 4.57 Å². The normalized spacial score (nSPS) is 12.3. The van der Waals surface area contributed by atoms with Crippen LogP contribution in [0.1, 0.15) is 71.4 Å². The topological polar surface area (TPSA) is 109 Å². The van der Waals surface area contributed by atoms with Crippen LogP contribution in [-0.4, -0.2) is 29.2 Å². The standard InChI is InChI=1S/C20H28N6O3S/c1-8-9-26-15-13(17(27)25(7)19(26)28)16(23-14(22-15)11(2)3)30-10-12-21-18(24-29-12)20(4,5)6/h11H,8-10H2,1-7H3. The molecular formula is C20H28N6O3S. The summed E-state index contributed by atoms with van der Waals surface area (Å²) in [4.78, 5) is 39.3. The molecule has 30 heavy (non-hydrogen) atoms. The van der Waals surface area contributed by atoms with E-state index in [0.29, 0.717) is 45.9 Å². The predicted molar refractivity (Wildman–Crippen MR) is 116 cm³/mol. The van der Waals surface area contributed by atoms with Gasteiger partial charge in [0, 0.05) is 24.9 Å². The zero-order valence-corrected chi connectivity index (χ0v) is 19.3. The first-order chi connectivity index (χ1) is 14.0. The van der Waals surface area contributed by atoms with E-state index < -0.39 is 5.56 Å². The maximum Gasteiger partial charge on any atom is 0.332 e. The lowest BCUT2D eigenvalue weighted by atomic mass is 9.96. The molecule has 9 nitrogen and oxygen atoms in total. The molecule has 3 heterocycles. The maximum atomic E-state index is 13.0. The van der Waals surface area contributed by atoms with Crippen LogP contribution in [0.15, 0.2) is 19.1 Å². The molecule has 0 radical (unpaired) electrons. The highest BCUT2D eigenvalue weighted by Crippen LogP contribution is 2.28. The van der Waals surface area contributed by atoms with Crippen molar-refractivity contribution < 1.29 is 4.52 Å². The van der Waals surface area contributed by atoms with E-state index in [1.165, 1.54) is 18.8 Å². The second-order valence-corrected chi connectivity index (χ2v) is 9.55. The van der Waals surface area contributed by atoms with Crippen molar-refractivity contribution in [3.63, 3.8) is 0 Å². The quantitative estimate of drug-likeness (QED) is 0.432. The molecule has 0 unspecified atom stereocenters. The van der Waals surface area contributed by atoms with Gasteiger partial charge in [0.05, 0.1) is 5.75 Å². The molecule has 0 aliphatic rings. The summed E-state index contributed by atoms with van der Waals surface area (Å²) in [6, 6.07) is 0. The molecule has 0 spiro atoms. The lowest BCUT2D eigenvalue weighted by molar-refractivity contribution is 0.373. The number of rotatable bonds is 6. The Morgan fingerprint density at radius 2 is 1.83 bits per heavy atom. The molecule has 0 aromatic carbocycles. The highest BCUT2D eigenvalue weighted by Gasteiger charge is 2.23. The Balaban J connectivity index is 2.14. The zero-order chi connectivity index (χ0) is 22.2. The summed E-state index contributed by atoms with van der Waals surface area (Å²) in [5.74, 6) is 2.08. The lowest BCUT2D eigenvalue weighted by Gasteiger charge is -2.14. The summed E-state index contributed by atoms with van der Waals surface area (Å²) in [5, 5.41) is 4.91. The van der Waals surface area contributed by atoms with E-state index in [-0.39, 0.29) is 17.0 Å². The Bertz CT molecular complexity index is 1190. The van der Waals surface area contributed by atoms with Gasteiger partial charge in [-0.2, -0.15) is 4.98 Å². The average molecular weight is 433 g/mol. The third-order valence-corrected chi connectivity index (χ3v) is 5.56. The molecule has 0 saturated heterocycles. The van der Waals surface area contributed by atoms with Gasteiger partial charge in [0.25, 0.3) is 5.56 Å². The van der Waals surface area contributed by atoms with Crippen LogP contribution in [0.5, 0.6) is 0 Å². The van der Waals surface area contributed by atoms with Crippen molar-refractivity contribution in [1.29, 1.82) is 0 Å². The van der Waals surface area contributed by atoms with Gasteiger partial charge >= 0.3 is 5.69 Å². The Morgan fingerprint density at radius 3 is 2.40 bits per heavy atom. The van der Waals surface area contributed by atoms with Crippen molar-refractivity contribution in [2.75, 3.05) is 0 Å². The number of thioether (sulfide) groups is 1. The predicted octanol–water partition coefficient (Wildman–Crippen LogP) is 3.00. The van der Waals surface area contributed by atoms with Crippen LogP contribution < -0.4 is 11.2 Å². The Morgan fingerprint density at radius 1 is 1.13 bits per heavy atom. The monoisotopic (exact) mass is 432 g/mol. The Labute approximate surface area is 178 Å². The minimum Gasteiger partial charge on any atom is -0.338 e. The van der Waals surface area contributed by atoms with Crippen LogP contribution in [-0.2, 0) is 24.8 Å². The van der Waals surface area contributed by atoms with Gasteiger partial charge in [0.1, 0.15) is 16.2 Å². The average Bonchev–Trinajstić information content (AvgIpc) is 3.16. The largest absolute Gasteiger partial charge is 0.338 e. The van der Waals surface area contributed by atoms with Gasteiger partial charge in [-0.05, 0) is 6.42 Å². The molecule has 3 aromatic rings. The van der Waals surface area contributed by atoms with Crippen molar-refractivity contribution in [3.05, 3.63) is 38.4 Å². The maximum absolute atomic E-state index is 13.0. The van der Waals surface area contributed by atoms with E-state index >= 15 is 0 Å². The lowest BCUT2D eigenvalue weighted by Crippen LogP contribution is -2.39. The van der Waals surface area contributed by atoms with Crippen molar-refractivity contribution in [1.82, 2.24) is 29.2 Å². The first-order valence-corrected chi connectivity index (χ1v) is 11.0. The number of aromatic nitrogens is 6. The zero-order valence-electron chi connectivity index (χ0n) is 18.5. The van der Waals surface area contributed by atoms with Crippen molar-refractivity contribution in [2.45, 2.75) is 76.6 Å². The number of nitrogens with zero attached hydrogens (tertiary/aromatic N) is 6. The van der Waals surface area contributed by atoms with Gasteiger partial charge in [0.2, 0.25) is 5.89 Å². The fourth-order valence-electron chi connectivity index (χ4n) is 2.89. The molecule has 10 heteroatoms. The number of hydrogen-bond acceptors (Lipinski definition) is 8. The number of fused-ring (bicyclic) bond motifs is 1. The summed E-state index contributed by atoms with van der Waals surface area (Å²) >= 11 is 1.34. The van der Waals surface area contributed by atoms with Gasteiger partial charge < -0.3 is 4.52 Å². The highest BCUT2D eigenvalue weighted by atomic mass is 32.2. The first kappa shape index (κ1) is 22.2. The Kier molecular flexibility index (Phi) is 6.16. The number of aryl methyl sites for hydroxylation is 1. The molecular weight excluding hydrogens is 404 g/mol. The van der Waals surface area contributed by atoms with Gasteiger partial charge in [-0.25, -0.2) is 14.8 Å². The molecule has 0 fully saturated rings. The van der Waals surface area contributed by atoms with Gasteiger partial charge in [-0.1, -0.05) is 58.5 Å². The third kappa shape index (κ3) is 4.19. The van der Waals surface area contributed by atoms with Crippen LogP contribution in [0.4, 0.5) is 0 Å². The molecule has 0 amide bonds. The molecule has 0 bridgehead atoms. The molecule has 0 aliphatic carbocycles. The molecule has 0 N–H and O–H groups in total. The van der Waals surface area contributed by atoms with Crippen molar-refractivity contribution in [2.24, 2.45) is 7.05 Å². The van der Waals surface area contributed by atoms with Crippen molar-refractivity contribution >= 4 is 22.8 Å². The minimum absolute atomic E-state index is 0.0406. The van der Waals surface area contributed by atoms with E-state index in [0.717, 1.165) is 11.0 Å². The van der Waals surface area contributed by atoms with E-state index in [9.17, 15) is 9.59 Å². The first-order valence-electron chi connectivity index (χ1n) is 10.0. The minimum atomic E-state index is -0.402. The van der Waals surface area contributed by atoms with Crippen LogP contribution >= 0.6 is 11.8 Å². The van der Waals surface area contributed by atoms with Crippen LogP contribution in [0, 0.1) is 0 Å². The second-order valence-electron chi connectivity index (χ2n) is 8.59. The van der Waals surface area contributed by atoms with Crippen LogP contribution in [0.25, 0.3) is 11.0 Å². The van der Waals surface area contributed by atoms with Crippen LogP contribution in [0.3, 0.4) is 0 Å². The highest BCUT2D eigenvalue weighted by molar-refractivity contribution is 7.98. The summed E-state index contributed by atoms with van der Waals surface area (Å²) in [7, 11) is 1.48. The van der Waals surface area contributed by atoms with Crippen LogP contribution in [0.2, 0.25) is 0 Å². The van der Waals surface area contributed by atoms with E-state index in [1.807, 2.05) is 41.5 Å². The third-order valence-electron chi connectivity index (χ3n) is 4.60. The number of hydrogen-bond donors (Lipinski definition) is 0. The fraction of sp³-hybridized carbons (Fsp3) is 0.600. The van der Waals surface area contributed by atoms with E-state index in [4.69, 9.17) is 4.52 Å².